The molecule has 5 nitrogen and oxygen atoms in total. The summed E-state index contributed by atoms with van der Waals surface area (Å²) in [6.07, 6.45) is 3.79. The quantitative estimate of drug-likeness (QED) is 0.251. The Morgan fingerprint density at radius 1 is 0.537 bits per heavy atom. The van der Waals surface area contributed by atoms with Gasteiger partial charge in [-0.05, 0) is 100 Å². The van der Waals surface area contributed by atoms with Crippen molar-refractivity contribution in [3.8, 4) is 22.3 Å². The van der Waals surface area contributed by atoms with Gasteiger partial charge in [0.05, 0.1) is 0 Å². The molecule has 5 aromatic rings. The van der Waals surface area contributed by atoms with E-state index in [2.05, 4.69) is 113 Å². The van der Waals surface area contributed by atoms with Gasteiger partial charge in [-0.3, -0.25) is 0 Å². The summed E-state index contributed by atoms with van der Waals surface area (Å²) >= 11 is 0. The number of anilines is 1. The normalized spacial score (nSPS) is 13.3. The summed E-state index contributed by atoms with van der Waals surface area (Å²) < 4.78 is 0. The Morgan fingerprint density at radius 3 is 1.59 bits per heavy atom. The van der Waals surface area contributed by atoms with Gasteiger partial charge in [0, 0.05) is 34.6 Å². The van der Waals surface area contributed by atoms with Crippen LogP contribution in [0.3, 0.4) is 0 Å². The molecule has 0 bridgehead atoms. The van der Waals surface area contributed by atoms with E-state index in [4.69, 9.17) is 15.0 Å². The highest BCUT2D eigenvalue weighted by molar-refractivity contribution is 6.26. The molecule has 3 heterocycles. The predicted molar refractivity (Wildman–Crippen MR) is 171 cm³/mol. The number of nitrogens with one attached hydrogen (secondary N) is 1. The van der Waals surface area contributed by atoms with E-state index in [1.165, 1.54) is 38.9 Å². The Morgan fingerprint density at radius 2 is 1.07 bits per heavy atom. The van der Waals surface area contributed by atoms with Gasteiger partial charge in [-0.2, -0.15) is 0 Å². The fourth-order valence-corrected chi connectivity index (χ4v) is 5.38. The van der Waals surface area contributed by atoms with Gasteiger partial charge < -0.3 is 5.32 Å². The van der Waals surface area contributed by atoms with Gasteiger partial charge in [0.15, 0.2) is 11.7 Å². The van der Waals surface area contributed by atoms with E-state index in [1.807, 2.05) is 24.5 Å². The van der Waals surface area contributed by atoms with Crippen LogP contribution >= 0.6 is 0 Å². The molecule has 0 fully saturated rings. The molecule has 2 aromatic heterocycles. The van der Waals surface area contributed by atoms with Crippen LogP contribution in [0.25, 0.3) is 22.3 Å². The van der Waals surface area contributed by atoms with Crippen LogP contribution in [-0.2, 0) is 0 Å². The molecule has 202 valence electrons. The summed E-state index contributed by atoms with van der Waals surface area (Å²) in [5.74, 6) is 2.74. The van der Waals surface area contributed by atoms with Crippen molar-refractivity contribution in [2.45, 2.75) is 41.5 Å². The predicted octanol–water partition coefficient (Wildman–Crippen LogP) is 8.61. The van der Waals surface area contributed by atoms with Crippen LogP contribution in [0.5, 0.6) is 0 Å². The van der Waals surface area contributed by atoms with Crippen molar-refractivity contribution in [2.75, 3.05) is 5.32 Å². The van der Waals surface area contributed by atoms with Crippen LogP contribution in [0, 0.1) is 41.5 Å². The summed E-state index contributed by atoms with van der Waals surface area (Å²) in [7, 11) is 0. The van der Waals surface area contributed by atoms with E-state index >= 15 is 0 Å². The van der Waals surface area contributed by atoms with Crippen molar-refractivity contribution in [1.82, 2.24) is 9.97 Å². The molecule has 0 amide bonds. The Kier molecular flexibility index (Phi) is 6.80. The molecule has 0 atom stereocenters. The van der Waals surface area contributed by atoms with Crippen LogP contribution in [0.15, 0.2) is 95.2 Å². The molecule has 0 spiro atoms. The first-order chi connectivity index (χ1) is 19.7. The first-order valence-corrected chi connectivity index (χ1v) is 13.9. The van der Waals surface area contributed by atoms with Gasteiger partial charge in [0.1, 0.15) is 11.7 Å². The van der Waals surface area contributed by atoms with Gasteiger partial charge in [-0.1, -0.05) is 58.7 Å². The third-order valence-corrected chi connectivity index (χ3v) is 7.44. The maximum Gasteiger partial charge on any atom is 0.164 e. The van der Waals surface area contributed by atoms with Crippen molar-refractivity contribution >= 4 is 23.3 Å². The van der Waals surface area contributed by atoms with E-state index in [-0.39, 0.29) is 0 Å². The lowest BCUT2D eigenvalue weighted by Gasteiger charge is -2.10. The summed E-state index contributed by atoms with van der Waals surface area (Å²) in [6.45, 7) is 12.7. The lowest BCUT2D eigenvalue weighted by atomic mass is 10.00. The first kappa shape index (κ1) is 26.3. The summed E-state index contributed by atoms with van der Waals surface area (Å²) in [5.41, 5.74) is 13.8. The molecule has 5 heteroatoms. The maximum atomic E-state index is 4.91. The van der Waals surface area contributed by atoms with Crippen molar-refractivity contribution in [3.05, 3.63) is 130 Å². The first-order valence-electron chi connectivity index (χ1n) is 13.9. The monoisotopic (exact) mass is 535 g/mol. The third kappa shape index (κ3) is 5.57. The molecule has 0 saturated carbocycles. The minimum Gasteiger partial charge on any atom is -0.324 e. The minimum absolute atomic E-state index is 0.623. The molecule has 0 aliphatic carbocycles. The minimum atomic E-state index is 0.623. The second-order valence-electron chi connectivity index (χ2n) is 11.1. The van der Waals surface area contributed by atoms with E-state index in [1.54, 1.807) is 0 Å². The topological polar surface area (TPSA) is 62.5 Å². The Balaban J connectivity index is 1.30. The number of aryl methyl sites for hydroxylation is 6. The second-order valence-corrected chi connectivity index (χ2v) is 11.1. The smallest absolute Gasteiger partial charge is 0.164 e. The molecule has 0 saturated heterocycles. The molecule has 41 heavy (non-hydrogen) atoms. The zero-order chi connectivity index (χ0) is 28.7. The van der Waals surface area contributed by atoms with Crippen molar-refractivity contribution in [1.29, 1.82) is 0 Å². The number of nitrogens with zero attached hydrogens (tertiary/aromatic N) is 4. The Bertz CT molecular complexity index is 1800. The number of pyridine rings is 2. The average Bonchev–Trinajstić information content (AvgIpc) is 3.24. The molecule has 3 aromatic carbocycles. The van der Waals surface area contributed by atoms with Crippen molar-refractivity contribution in [3.63, 3.8) is 0 Å². The van der Waals surface area contributed by atoms with Gasteiger partial charge >= 0.3 is 0 Å². The van der Waals surface area contributed by atoms with Crippen LogP contribution < -0.4 is 5.32 Å². The zero-order valence-corrected chi connectivity index (χ0v) is 24.4. The zero-order valence-electron chi connectivity index (χ0n) is 24.4. The van der Waals surface area contributed by atoms with Crippen LogP contribution in [0.4, 0.5) is 11.6 Å². The highest BCUT2D eigenvalue weighted by atomic mass is 15.1. The lowest BCUT2D eigenvalue weighted by Crippen LogP contribution is -2.13. The van der Waals surface area contributed by atoms with Crippen molar-refractivity contribution in [2.24, 2.45) is 9.98 Å². The number of hydrogen-bond donors (Lipinski definition) is 1. The summed E-state index contributed by atoms with van der Waals surface area (Å²) in [5, 5.41) is 3.44. The van der Waals surface area contributed by atoms with Gasteiger partial charge in [0.25, 0.3) is 0 Å². The van der Waals surface area contributed by atoms with E-state index in [0.717, 1.165) is 39.5 Å². The molecule has 1 aliphatic rings. The van der Waals surface area contributed by atoms with Crippen molar-refractivity contribution < 1.29 is 0 Å². The summed E-state index contributed by atoms with van der Waals surface area (Å²) in [6, 6.07) is 25.5. The van der Waals surface area contributed by atoms with Crippen LogP contribution in [0.1, 0.15) is 44.5 Å². The molecule has 0 unspecified atom stereocenters. The Labute approximate surface area is 241 Å². The molecular formula is C36H33N5. The highest BCUT2D eigenvalue weighted by Gasteiger charge is 2.23. The molecule has 1 N–H and O–H groups in total. The highest BCUT2D eigenvalue weighted by Crippen LogP contribution is 2.28. The fraction of sp³-hybridized carbons (Fsp3) is 0.167. The summed E-state index contributed by atoms with van der Waals surface area (Å²) in [4.78, 5) is 19.1. The lowest BCUT2D eigenvalue weighted by molar-refractivity contribution is 1.26. The number of benzene rings is 3. The van der Waals surface area contributed by atoms with Crippen LogP contribution in [0.2, 0.25) is 0 Å². The molecular weight excluding hydrogens is 502 g/mol. The molecule has 6 rings (SSSR count). The molecule has 0 radical (unpaired) electrons. The van der Waals surface area contributed by atoms with Crippen LogP contribution in [-0.4, -0.2) is 21.6 Å². The second kappa shape index (κ2) is 10.6. The van der Waals surface area contributed by atoms with E-state index < -0.39 is 0 Å². The average molecular weight is 536 g/mol. The fourth-order valence-electron chi connectivity index (χ4n) is 5.38. The SMILES string of the molecule is Cc1cc(C)cc(-c2ccc(N=C3N=C(Nc4ccc(-c5cc(C)cc(C)c5)cn4)c4cc(C)c(C)cc43)nc2)c1. The third-order valence-electron chi connectivity index (χ3n) is 7.44. The number of fused-ring (bicyclic) bond motifs is 1. The number of rotatable bonds is 4. The molecule has 1 aliphatic heterocycles. The van der Waals surface area contributed by atoms with Gasteiger partial charge in [-0.25, -0.2) is 20.0 Å². The number of amidine groups is 2. The number of hydrogen-bond acceptors (Lipinski definition) is 4. The Hall–Kier alpha value is -4.90. The number of aromatic nitrogens is 2. The van der Waals surface area contributed by atoms with Gasteiger partial charge in [-0.15, -0.1) is 0 Å². The largest absolute Gasteiger partial charge is 0.324 e. The van der Waals surface area contributed by atoms with E-state index in [0.29, 0.717) is 11.7 Å². The van der Waals surface area contributed by atoms with Gasteiger partial charge in [0.2, 0.25) is 0 Å². The standard InChI is InChI=1S/C36H33N5/c1-21-11-22(2)14-29(13-21)27-7-9-33(37-19-27)39-35-31-17-25(5)26(6)18-32(31)36(41-35)40-34-10-8-28(20-38-34)30-15-23(3)12-24(4)16-30/h7-20H,1-6H3,(H,37,38,39,40,41). The maximum absolute atomic E-state index is 4.91. The van der Waals surface area contributed by atoms with E-state index in [9.17, 15) is 0 Å². The number of aliphatic imine (C=N–C) groups is 2.